The highest BCUT2D eigenvalue weighted by Gasteiger charge is 2.15. The van der Waals surface area contributed by atoms with Crippen LogP contribution in [0.3, 0.4) is 0 Å². The summed E-state index contributed by atoms with van der Waals surface area (Å²) in [6, 6.07) is 8.17. The molecule has 0 amide bonds. The maximum atomic E-state index is 13.4. The van der Waals surface area contributed by atoms with E-state index in [9.17, 15) is 8.78 Å². The van der Waals surface area contributed by atoms with E-state index in [0.717, 1.165) is 28.7 Å². The van der Waals surface area contributed by atoms with Crippen molar-refractivity contribution < 1.29 is 8.78 Å². The second-order valence-corrected chi connectivity index (χ2v) is 7.14. The Morgan fingerprint density at radius 3 is 2.60 bits per heavy atom. The van der Waals surface area contributed by atoms with Crippen molar-refractivity contribution >= 4 is 27.3 Å². The maximum Gasteiger partial charge on any atom is 0.159 e. The normalized spacial score (nSPS) is 12.6. The first-order chi connectivity index (χ1) is 9.60. The van der Waals surface area contributed by atoms with Crippen molar-refractivity contribution in [1.82, 2.24) is 5.32 Å². The lowest BCUT2D eigenvalue weighted by molar-refractivity contribution is 0.494. The molecule has 1 aromatic heterocycles. The van der Waals surface area contributed by atoms with E-state index < -0.39 is 11.6 Å². The Hall–Kier alpha value is -0.780. The van der Waals surface area contributed by atoms with Gasteiger partial charge in [0.2, 0.25) is 0 Å². The molecule has 5 heteroatoms. The van der Waals surface area contributed by atoms with Crippen LogP contribution in [-0.4, -0.2) is 6.54 Å². The van der Waals surface area contributed by atoms with Crippen molar-refractivity contribution in [1.29, 1.82) is 0 Å². The SMILES string of the molecule is CCCNC(Cc1ccc(Br)s1)c1ccc(F)c(F)c1. The second-order valence-electron chi connectivity index (χ2n) is 4.59. The average molecular weight is 360 g/mol. The maximum absolute atomic E-state index is 13.4. The number of benzene rings is 1. The molecule has 108 valence electrons. The van der Waals surface area contributed by atoms with E-state index in [1.165, 1.54) is 17.0 Å². The standard InChI is InChI=1S/C15H16BrF2NS/c1-2-7-19-14(9-11-4-6-15(16)20-11)10-3-5-12(17)13(18)8-10/h3-6,8,14,19H,2,7,9H2,1H3. The molecule has 0 radical (unpaired) electrons. The summed E-state index contributed by atoms with van der Waals surface area (Å²) in [7, 11) is 0. The Bertz CT molecular complexity index is 571. The van der Waals surface area contributed by atoms with Crippen molar-refractivity contribution in [2.75, 3.05) is 6.54 Å². The Morgan fingerprint density at radius 2 is 2.00 bits per heavy atom. The van der Waals surface area contributed by atoms with Crippen LogP contribution in [0.4, 0.5) is 8.78 Å². The third-order valence-corrected chi connectivity index (χ3v) is 4.67. The van der Waals surface area contributed by atoms with Crippen LogP contribution in [0, 0.1) is 11.6 Å². The topological polar surface area (TPSA) is 12.0 Å². The Kier molecular flexibility index (Phi) is 5.69. The summed E-state index contributed by atoms with van der Waals surface area (Å²) in [6.07, 6.45) is 1.76. The van der Waals surface area contributed by atoms with Crippen molar-refractivity contribution in [2.45, 2.75) is 25.8 Å². The predicted octanol–water partition coefficient (Wildman–Crippen LogP) is 5.07. The zero-order chi connectivity index (χ0) is 14.5. The number of halogens is 3. The molecule has 20 heavy (non-hydrogen) atoms. The van der Waals surface area contributed by atoms with Crippen LogP contribution in [0.5, 0.6) is 0 Å². The highest BCUT2D eigenvalue weighted by molar-refractivity contribution is 9.11. The lowest BCUT2D eigenvalue weighted by Gasteiger charge is -2.18. The largest absolute Gasteiger partial charge is 0.310 e. The van der Waals surface area contributed by atoms with Gasteiger partial charge in [-0.2, -0.15) is 0 Å². The summed E-state index contributed by atoms with van der Waals surface area (Å²) in [6.45, 7) is 2.92. The van der Waals surface area contributed by atoms with Crippen LogP contribution in [0.25, 0.3) is 0 Å². The lowest BCUT2D eigenvalue weighted by Crippen LogP contribution is -2.24. The Morgan fingerprint density at radius 1 is 1.20 bits per heavy atom. The average Bonchev–Trinajstić information content (AvgIpc) is 2.83. The van der Waals surface area contributed by atoms with Crippen molar-refractivity contribution in [3.05, 3.63) is 56.2 Å². The van der Waals surface area contributed by atoms with E-state index in [1.54, 1.807) is 17.4 Å². The Labute approximate surface area is 130 Å². The van der Waals surface area contributed by atoms with Crippen LogP contribution in [0.2, 0.25) is 0 Å². The van der Waals surface area contributed by atoms with Gasteiger partial charge < -0.3 is 5.32 Å². The van der Waals surface area contributed by atoms with Gasteiger partial charge in [-0.1, -0.05) is 13.0 Å². The molecule has 0 bridgehead atoms. The fourth-order valence-corrected chi connectivity index (χ4v) is 3.55. The first-order valence-electron chi connectivity index (χ1n) is 6.52. The first kappa shape index (κ1) is 15.6. The quantitative estimate of drug-likeness (QED) is 0.758. The molecule has 0 aliphatic heterocycles. The molecule has 1 nitrogen and oxygen atoms in total. The van der Waals surface area contributed by atoms with Gasteiger partial charge in [0, 0.05) is 17.3 Å². The van der Waals surface area contributed by atoms with E-state index >= 15 is 0 Å². The number of nitrogens with one attached hydrogen (secondary N) is 1. The number of hydrogen-bond donors (Lipinski definition) is 1. The molecule has 0 aliphatic rings. The van der Waals surface area contributed by atoms with Crippen LogP contribution in [0.1, 0.15) is 29.8 Å². The van der Waals surface area contributed by atoms with Gasteiger partial charge in [0.25, 0.3) is 0 Å². The van der Waals surface area contributed by atoms with Crippen LogP contribution < -0.4 is 5.32 Å². The summed E-state index contributed by atoms with van der Waals surface area (Å²) < 4.78 is 27.5. The van der Waals surface area contributed by atoms with Crippen molar-refractivity contribution in [3.63, 3.8) is 0 Å². The van der Waals surface area contributed by atoms with E-state index in [0.29, 0.717) is 0 Å². The van der Waals surface area contributed by atoms with Gasteiger partial charge in [0.1, 0.15) is 0 Å². The second kappa shape index (κ2) is 7.29. The zero-order valence-corrected chi connectivity index (χ0v) is 13.5. The fraction of sp³-hybridized carbons (Fsp3) is 0.333. The summed E-state index contributed by atoms with van der Waals surface area (Å²) in [5.74, 6) is -1.60. The molecule has 0 spiro atoms. The summed E-state index contributed by atoms with van der Waals surface area (Å²) in [4.78, 5) is 1.20. The summed E-state index contributed by atoms with van der Waals surface area (Å²) in [5.41, 5.74) is 0.780. The summed E-state index contributed by atoms with van der Waals surface area (Å²) in [5, 5.41) is 3.39. The van der Waals surface area contributed by atoms with Gasteiger partial charge in [-0.25, -0.2) is 8.78 Å². The van der Waals surface area contributed by atoms with E-state index in [4.69, 9.17) is 0 Å². The molecule has 1 atom stereocenters. The lowest BCUT2D eigenvalue weighted by atomic mass is 10.0. The minimum atomic E-state index is -0.804. The molecule has 0 fully saturated rings. The molecule has 2 aromatic rings. The molecule has 1 heterocycles. The van der Waals surface area contributed by atoms with Gasteiger partial charge in [0.05, 0.1) is 3.79 Å². The predicted molar refractivity (Wildman–Crippen MR) is 83.1 cm³/mol. The third kappa shape index (κ3) is 4.11. The summed E-state index contributed by atoms with van der Waals surface area (Å²) >= 11 is 5.10. The van der Waals surface area contributed by atoms with Crippen molar-refractivity contribution in [3.8, 4) is 0 Å². The van der Waals surface area contributed by atoms with Gasteiger partial charge in [-0.15, -0.1) is 11.3 Å². The van der Waals surface area contributed by atoms with Crippen LogP contribution in [-0.2, 0) is 6.42 Å². The highest BCUT2D eigenvalue weighted by atomic mass is 79.9. The monoisotopic (exact) mass is 359 g/mol. The molecule has 1 aromatic carbocycles. The number of rotatable bonds is 6. The number of thiophene rings is 1. The fourth-order valence-electron chi connectivity index (χ4n) is 2.02. The minimum absolute atomic E-state index is 0.00407. The molecule has 1 N–H and O–H groups in total. The smallest absolute Gasteiger partial charge is 0.159 e. The van der Waals surface area contributed by atoms with E-state index in [1.807, 2.05) is 6.07 Å². The van der Waals surface area contributed by atoms with Crippen LogP contribution in [0.15, 0.2) is 34.1 Å². The number of hydrogen-bond acceptors (Lipinski definition) is 2. The molecule has 2 rings (SSSR count). The van der Waals surface area contributed by atoms with Crippen LogP contribution >= 0.6 is 27.3 Å². The van der Waals surface area contributed by atoms with Gasteiger partial charge >= 0.3 is 0 Å². The van der Waals surface area contributed by atoms with Gasteiger partial charge in [-0.05, 0) is 58.7 Å². The molecular weight excluding hydrogens is 344 g/mol. The molecular formula is C15H16BrF2NS. The molecule has 0 saturated heterocycles. The molecule has 0 aliphatic carbocycles. The van der Waals surface area contributed by atoms with Gasteiger partial charge in [0.15, 0.2) is 11.6 Å². The van der Waals surface area contributed by atoms with Crippen molar-refractivity contribution in [2.24, 2.45) is 0 Å². The highest BCUT2D eigenvalue weighted by Crippen LogP contribution is 2.27. The molecule has 0 saturated carbocycles. The third-order valence-electron chi connectivity index (χ3n) is 3.02. The first-order valence-corrected chi connectivity index (χ1v) is 8.13. The minimum Gasteiger partial charge on any atom is -0.310 e. The van der Waals surface area contributed by atoms with E-state index in [2.05, 4.69) is 34.2 Å². The van der Waals surface area contributed by atoms with E-state index in [-0.39, 0.29) is 6.04 Å². The molecule has 1 unspecified atom stereocenters. The zero-order valence-electron chi connectivity index (χ0n) is 11.1. The van der Waals surface area contributed by atoms with Gasteiger partial charge in [-0.3, -0.25) is 0 Å². The Balaban J connectivity index is 2.19.